The topological polar surface area (TPSA) is 125 Å². The Morgan fingerprint density at radius 3 is 2.24 bits per heavy atom. The van der Waals surface area contributed by atoms with Crippen LogP contribution in [0.15, 0.2) is 60.6 Å². The molecule has 0 aliphatic heterocycles. The standard InChI is InChI=1S/C31H41ClN4O5/c1-21(23-9-13-26(32)14-10-23)34-28(20-36(40)41)35(27-15-11-25(12-16-27)31(2,3)4)19-22-5-7-24(8-6-22)30(39)33-18-17-29(37)38/h5-10,13-14,20-21,25,27,34H,11-12,15-19H2,1-4H3,(H,33,39)(H,37,38)/b28-20-. The van der Waals surface area contributed by atoms with Crippen LogP contribution in [0.1, 0.15) is 87.3 Å². The Bertz CT molecular complexity index is 1220. The fraction of sp³-hybridized carbons (Fsp3) is 0.484. The summed E-state index contributed by atoms with van der Waals surface area (Å²) in [5.74, 6) is -0.298. The van der Waals surface area contributed by atoms with Gasteiger partial charge < -0.3 is 20.6 Å². The lowest BCUT2D eigenvalue weighted by Gasteiger charge is -2.42. The van der Waals surface area contributed by atoms with Gasteiger partial charge in [-0.2, -0.15) is 0 Å². The lowest BCUT2D eigenvalue weighted by molar-refractivity contribution is -0.405. The molecule has 1 fully saturated rings. The predicted octanol–water partition coefficient (Wildman–Crippen LogP) is 6.38. The molecule has 0 aromatic heterocycles. The summed E-state index contributed by atoms with van der Waals surface area (Å²) in [4.78, 5) is 36.6. The van der Waals surface area contributed by atoms with Gasteiger partial charge in [-0.1, -0.05) is 56.6 Å². The van der Waals surface area contributed by atoms with Crippen LogP contribution < -0.4 is 10.6 Å². The molecule has 41 heavy (non-hydrogen) atoms. The third-order valence-corrected chi connectivity index (χ3v) is 8.08. The highest BCUT2D eigenvalue weighted by atomic mass is 35.5. The van der Waals surface area contributed by atoms with Crippen molar-refractivity contribution in [2.24, 2.45) is 11.3 Å². The summed E-state index contributed by atoms with van der Waals surface area (Å²) in [6.45, 7) is 9.23. The van der Waals surface area contributed by atoms with Crippen molar-refractivity contribution in [1.29, 1.82) is 0 Å². The zero-order valence-electron chi connectivity index (χ0n) is 24.2. The first kappa shape index (κ1) is 31.9. The summed E-state index contributed by atoms with van der Waals surface area (Å²) < 4.78 is 0. The highest BCUT2D eigenvalue weighted by Gasteiger charge is 2.33. The number of rotatable bonds is 12. The largest absolute Gasteiger partial charge is 0.481 e. The summed E-state index contributed by atoms with van der Waals surface area (Å²) in [5, 5.41) is 27.2. The minimum Gasteiger partial charge on any atom is -0.481 e. The van der Waals surface area contributed by atoms with Gasteiger partial charge in [-0.3, -0.25) is 19.7 Å². The molecule has 3 rings (SSSR count). The summed E-state index contributed by atoms with van der Waals surface area (Å²) in [5.41, 5.74) is 2.49. The quantitative estimate of drug-likeness (QED) is 0.195. The molecule has 1 aliphatic rings. The number of carboxylic acid groups (broad SMARTS) is 1. The maximum Gasteiger partial charge on any atom is 0.305 e. The van der Waals surface area contributed by atoms with Crippen molar-refractivity contribution in [1.82, 2.24) is 15.5 Å². The first-order valence-electron chi connectivity index (χ1n) is 14.1. The zero-order valence-corrected chi connectivity index (χ0v) is 25.0. The second kappa shape index (κ2) is 14.3. The fourth-order valence-electron chi connectivity index (χ4n) is 5.36. The van der Waals surface area contributed by atoms with Gasteiger partial charge in [-0.25, -0.2) is 0 Å². The molecular formula is C31H41ClN4O5. The third-order valence-electron chi connectivity index (χ3n) is 7.83. The number of hydrogen-bond acceptors (Lipinski definition) is 6. The van der Waals surface area contributed by atoms with E-state index >= 15 is 0 Å². The molecule has 1 amide bonds. The van der Waals surface area contributed by atoms with E-state index in [1.807, 2.05) is 31.2 Å². The van der Waals surface area contributed by atoms with Crippen LogP contribution in [-0.2, 0) is 11.3 Å². The van der Waals surface area contributed by atoms with Crippen LogP contribution in [0.3, 0.4) is 0 Å². The van der Waals surface area contributed by atoms with Crippen LogP contribution in [0.4, 0.5) is 0 Å². The van der Waals surface area contributed by atoms with E-state index in [2.05, 4.69) is 36.3 Å². The van der Waals surface area contributed by atoms with E-state index < -0.39 is 10.9 Å². The van der Waals surface area contributed by atoms with E-state index in [1.165, 1.54) is 0 Å². The van der Waals surface area contributed by atoms with E-state index in [0.717, 1.165) is 43.0 Å². The molecule has 2 aromatic rings. The highest BCUT2D eigenvalue weighted by molar-refractivity contribution is 6.30. The average Bonchev–Trinajstić information content (AvgIpc) is 2.91. The number of carbonyl (C=O) groups is 2. The van der Waals surface area contributed by atoms with Crippen LogP contribution in [0.25, 0.3) is 0 Å². The maximum absolute atomic E-state index is 12.4. The molecule has 1 atom stereocenters. The fourth-order valence-corrected chi connectivity index (χ4v) is 5.48. The smallest absolute Gasteiger partial charge is 0.305 e. The second-order valence-corrected chi connectivity index (χ2v) is 12.2. The Hall–Kier alpha value is -3.59. The molecule has 10 heteroatoms. The van der Waals surface area contributed by atoms with E-state index in [-0.39, 0.29) is 36.4 Å². The zero-order chi connectivity index (χ0) is 30.2. The Morgan fingerprint density at radius 1 is 1.10 bits per heavy atom. The van der Waals surface area contributed by atoms with Gasteiger partial charge in [0.15, 0.2) is 5.82 Å². The minimum absolute atomic E-state index is 0.0491. The number of aliphatic carboxylic acids is 1. The van der Waals surface area contributed by atoms with Crippen LogP contribution in [0.5, 0.6) is 0 Å². The summed E-state index contributed by atoms with van der Waals surface area (Å²) >= 11 is 6.07. The number of benzene rings is 2. The van der Waals surface area contributed by atoms with Crippen molar-refractivity contribution < 1.29 is 19.6 Å². The normalized spacial score (nSPS) is 18.3. The molecule has 0 saturated heterocycles. The molecule has 2 aromatic carbocycles. The number of nitrogens with one attached hydrogen (secondary N) is 2. The molecule has 1 unspecified atom stereocenters. The Kier molecular flexibility index (Phi) is 11.2. The molecule has 0 bridgehead atoms. The maximum atomic E-state index is 12.4. The predicted molar refractivity (Wildman–Crippen MR) is 160 cm³/mol. The summed E-state index contributed by atoms with van der Waals surface area (Å²) in [7, 11) is 0. The lowest BCUT2D eigenvalue weighted by Crippen LogP contribution is -2.43. The minimum atomic E-state index is -0.977. The number of carbonyl (C=O) groups excluding carboxylic acids is 1. The van der Waals surface area contributed by atoms with E-state index in [0.29, 0.717) is 28.9 Å². The first-order chi connectivity index (χ1) is 19.3. The first-order valence-corrected chi connectivity index (χ1v) is 14.4. The SMILES string of the molecule is CC(N/C(=C/[N+](=O)[O-])N(Cc1ccc(C(=O)NCCC(=O)O)cc1)C1CCC(C(C)(C)C)CC1)c1ccc(Cl)cc1. The third kappa shape index (κ3) is 9.78. The molecular weight excluding hydrogens is 544 g/mol. The Morgan fingerprint density at radius 2 is 1.71 bits per heavy atom. The van der Waals surface area contributed by atoms with Gasteiger partial charge in [-0.05, 0) is 79.3 Å². The van der Waals surface area contributed by atoms with E-state index in [4.69, 9.17) is 16.7 Å². The van der Waals surface area contributed by atoms with Gasteiger partial charge in [0.05, 0.1) is 17.4 Å². The van der Waals surface area contributed by atoms with Crippen molar-refractivity contribution in [2.45, 2.75) is 78.4 Å². The Labute approximate surface area is 247 Å². The Balaban J connectivity index is 1.85. The van der Waals surface area contributed by atoms with Gasteiger partial charge in [-0.15, -0.1) is 0 Å². The van der Waals surface area contributed by atoms with Crippen molar-refractivity contribution in [2.75, 3.05) is 6.54 Å². The number of nitro groups is 1. The molecule has 0 radical (unpaired) electrons. The molecule has 9 nitrogen and oxygen atoms in total. The van der Waals surface area contributed by atoms with Crippen molar-refractivity contribution in [3.8, 4) is 0 Å². The van der Waals surface area contributed by atoms with Crippen LogP contribution >= 0.6 is 11.6 Å². The number of carboxylic acids is 1. The van der Waals surface area contributed by atoms with Crippen LogP contribution in [0.2, 0.25) is 5.02 Å². The number of hydrogen-bond donors (Lipinski definition) is 3. The number of amides is 1. The van der Waals surface area contributed by atoms with Gasteiger partial charge in [0.2, 0.25) is 0 Å². The van der Waals surface area contributed by atoms with Crippen molar-refractivity contribution in [3.63, 3.8) is 0 Å². The van der Waals surface area contributed by atoms with E-state index in [1.54, 1.807) is 24.3 Å². The molecule has 0 spiro atoms. The van der Waals surface area contributed by atoms with Gasteiger partial charge >= 0.3 is 5.97 Å². The molecule has 0 heterocycles. The molecule has 222 valence electrons. The van der Waals surface area contributed by atoms with Gasteiger partial charge in [0.1, 0.15) is 0 Å². The van der Waals surface area contributed by atoms with Crippen LogP contribution in [0, 0.1) is 21.4 Å². The van der Waals surface area contributed by atoms with Crippen molar-refractivity contribution >= 4 is 23.5 Å². The molecule has 1 aliphatic carbocycles. The van der Waals surface area contributed by atoms with Crippen LogP contribution in [-0.4, -0.2) is 39.4 Å². The average molecular weight is 585 g/mol. The second-order valence-electron chi connectivity index (χ2n) is 11.8. The highest BCUT2D eigenvalue weighted by Crippen LogP contribution is 2.40. The number of nitrogens with zero attached hydrogens (tertiary/aromatic N) is 2. The van der Waals surface area contributed by atoms with Gasteiger partial charge in [0.25, 0.3) is 12.1 Å². The van der Waals surface area contributed by atoms with E-state index in [9.17, 15) is 19.7 Å². The summed E-state index contributed by atoms with van der Waals surface area (Å²) in [6.07, 6.45) is 4.81. The monoisotopic (exact) mass is 584 g/mol. The van der Waals surface area contributed by atoms with Gasteiger partial charge in [0, 0.05) is 29.7 Å². The molecule has 3 N–H and O–H groups in total. The van der Waals surface area contributed by atoms with Crippen molar-refractivity contribution in [3.05, 3.63) is 92.4 Å². The number of halogens is 1. The summed E-state index contributed by atoms with van der Waals surface area (Å²) in [6, 6.07) is 14.4. The molecule has 1 saturated carbocycles. The lowest BCUT2D eigenvalue weighted by atomic mass is 9.71.